The third kappa shape index (κ3) is 5.15. The smallest absolute Gasteiger partial charge is 0.266 e. The molecule has 0 atom stereocenters. The molecule has 4 aromatic rings. The van der Waals surface area contributed by atoms with E-state index in [0.29, 0.717) is 10.9 Å². The lowest BCUT2D eigenvalue weighted by Gasteiger charge is -2.20. The van der Waals surface area contributed by atoms with Gasteiger partial charge in [0, 0.05) is 5.69 Å². The molecule has 35 heavy (non-hydrogen) atoms. The van der Waals surface area contributed by atoms with E-state index in [9.17, 15) is 14.0 Å². The van der Waals surface area contributed by atoms with Crippen LogP contribution < -0.4 is 10.9 Å². The van der Waals surface area contributed by atoms with Gasteiger partial charge in [0.1, 0.15) is 5.82 Å². The molecule has 4 rings (SSSR count). The Labute approximate surface area is 208 Å². The van der Waals surface area contributed by atoms with Crippen LogP contribution in [-0.4, -0.2) is 21.2 Å². The van der Waals surface area contributed by atoms with Gasteiger partial charge in [0.2, 0.25) is 5.91 Å². The molecule has 3 aromatic carbocycles. The van der Waals surface area contributed by atoms with Crippen molar-refractivity contribution in [2.45, 2.75) is 44.7 Å². The van der Waals surface area contributed by atoms with Gasteiger partial charge in [-0.15, -0.1) is 0 Å². The van der Waals surface area contributed by atoms with Crippen molar-refractivity contribution in [3.8, 4) is 5.69 Å². The number of hydrogen-bond donors (Lipinski definition) is 1. The number of carbonyl (C=O) groups excluding carboxylic acids is 1. The van der Waals surface area contributed by atoms with Crippen LogP contribution in [0.2, 0.25) is 0 Å². The third-order valence-electron chi connectivity index (χ3n) is 5.81. The Balaban J connectivity index is 1.69. The standard InChI is InChI=1S/C28H28FN3O2S/c1-17(2)19-11-9-12-20(18(3)4)26(19)31-25(33)16-35-28-30-23-14-7-5-10-21(23)27(34)32(28)24-15-8-6-13-22(24)29/h5-15,17-18H,16H2,1-4H3,(H,31,33). The fourth-order valence-corrected chi connectivity index (χ4v) is 4.86. The van der Waals surface area contributed by atoms with Crippen LogP contribution in [0.5, 0.6) is 0 Å². The molecule has 1 heterocycles. The van der Waals surface area contributed by atoms with E-state index >= 15 is 0 Å². The van der Waals surface area contributed by atoms with E-state index in [2.05, 4.69) is 38.0 Å². The molecule has 0 aliphatic carbocycles. The highest BCUT2D eigenvalue weighted by molar-refractivity contribution is 7.99. The molecule has 0 bridgehead atoms. The van der Waals surface area contributed by atoms with Gasteiger partial charge in [-0.1, -0.05) is 81.9 Å². The molecule has 1 N–H and O–H groups in total. The normalized spacial score (nSPS) is 11.4. The number of rotatable bonds is 7. The molecule has 7 heteroatoms. The predicted molar refractivity (Wildman–Crippen MR) is 141 cm³/mol. The first kappa shape index (κ1) is 24.7. The molecule has 180 valence electrons. The van der Waals surface area contributed by atoms with Crippen LogP contribution in [0.15, 0.2) is 76.7 Å². The van der Waals surface area contributed by atoms with Crippen LogP contribution in [0.3, 0.4) is 0 Å². The SMILES string of the molecule is CC(C)c1cccc(C(C)C)c1NC(=O)CSc1nc2ccccc2c(=O)n1-c1ccccc1F. The van der Waals surface area contributed by atoms with E-state index in [1.165, 1.54) is 16.7 Å². The molecule has 0 aliphatic rings. The second kappa shape index (κ2) is 10.4. The number of thioether (sulfide) groups is 1. The van der Waals surface area contributed by atoms with E-state index < -0.39 is 5.82 Å². The molecule has 0 saturated carbocycles. The lowest BCUT2D eigenvalue weighted by molar-refractivity contribution is -0.113. The van der Waals surface area contributed by atoms with Gasteiger partial charge in [0.25, 0.3) is 5.56 Å². The summed E-state index contributed by atoms with van der Waals surface area (Å²) in [5.74, 6) is -0.253. The quantitative estimate of drug-likeness (QED) is 0.238. The van der Waals surface area contributed by atoms with Gasteiger partial charge in [0.15, 0.2) is 5.16 Å². The van der Waals surface area contributed by atoms with Gasteiger partial charge in [-0.05, 0) is 47.2 Å². The van der Waals surface area contributed by atoms with Crippen molar-refractivity contribution >= 4 is 34.3 Å². The Hall–Kier alpha value is -3.45. The predicted octanol–water partition coefficient (Wildman–Crippen LogP) is 6.50. The Morgan fingerprint density at radius 2 is 1.57 bits per heavy atom. The van der Waals surface area contributed by atoms with Gasteiger partial charge >= 0.3 is 0 Å². The summed E-state index contributed by atoms with van der Waals surface area (Å²) in [4.78, 5) is 31.0. The first-order chi connectivity index (χ1) is 16.8. The fraction of sp³-hybridized carbons (Fsp3) is 0.250. The number of benzene rings is 3. The first-order valence-electron chi connectivity index (χ1n) is 11.6. The van der Waals surface area contributed by atoms with E-state index in [1.54, 1.807) is 36.4 Å². The largest absolute Gasteiger partial charge is 0.325 e. The second-order valence-corrected chi connectivity index (χ2v) is 9.90. The summed E-state index contributed by atoms with van der Waals surface area (Å²) in [5.41, 5.74) is 3.20. The van der Waals surface area contributed by atoms with E-state index in [-0.39, 0.29) is 39.9 Å². The highest BCUT2D eigenvalue weighted by Gasteiger charge is 2.19. The summed E-state index contributed by atoms with van der Waals surface area (Å²) < 4.78 is 15.9. The number of anilines is 1. The van der Waals surface area contributed by atoms with Gasteiger partial charge in [-0.2, -0.15) is 0 Å². The number of para-hydroxylation sites is 3. The summed E-state index contributed by atoms with van der Waals surface area (Å²) in [6.07, 6.45) is 0. The van der Waals surface area contributed by atoms with Crippen molar-refractivity contribution in [1.29, 1.82) is 0 Å². The molecule has 5 nitrogen and oxygen atoms in total. The van der Waals surface area contributed by atoms with Crippen LogP contribution in [0.4, 0.5) is 10.1 Å². The minimum Gasteiger partial charge on any atom is -0.325 e. The number of hydrogen-bond acceptors (Lipinski definition) is 4. The lowest BCUT2D eigenvalue weighted by atomic mass is 9.92. The summed E-state index contributed by atoms with van der Waals surface area (Å²) >= 11 is 1.11. The van der Waals surface area contributed by atoms with Crippen LogP contribution in [0.25, 0.3) is 16.6 Å². The fourth-order valence-electron chi connectivity index (χ4n) is 4.06. The topological polar surface area (TPSA) is 64.0 Å². The Bertz CT molecular complexity index is 1420. The zero-order valence-electron chi connectivity index (χ0n) is 20.2. The molecule has 0 aliphatic heterocycles. The first-order valence-corrected chi connectivity index (χ1v) is 12.6. The summed E-state index contributed by atoms with van der Waals surface area (Å²) in [5, 5.41) is 3.73. The Kier molecular flexibility index (Phi) is 7.36. The maximum Gasteiger partial charge on any atom is 0.266 e. The number of amides is 1. The summed E-state index contributed by atoms with van der Waals surface area (Å²) in [7, 11) is 0. The molecule has 0 unspecified atom stereocenters. The number of carbonyl (C=O) groups is 1. The molecular weight excluding hydrogens is 461 g/mol. The van der Waals surface area contributed by atoms with Crippen LogP contribution >= 0.6 is 11.8 Å². The number of nitrogens with one attached hydrogen (secondary N) is 1. The highest BCUT2D eigenvalue weighted by Crippen LogP contribution is 2.33. The van der Waals surface area contributed by atoms with E-state index in [1.807, 2.05) is 18.2 Å². The molecule has 0 saturated heterocycles. The van der Waals surface area contributed by atoms with Crippen molar-refractivity contribution in [3.63, 3.8) is 0 Å². The maximum absolute atomic E-state index is 14.7. The molecular formula is C28H28FN3O2S. The minimum atomic E-state index is -0.537. The number of nitrogens with zero attached hydrogens (tertiary/aromatic N) is 2. The Morgan fingerprint density at radius 1 is 0.943 bits per heavy atom. The van der Waals surface area contributed by atoms with Crippen LogP contribution in [0.1, 0.15) is 50.7 Å². The van der Waals surface area contributed by atoms with E-state index in [4.69, 9.17) is 0 Å². The van der Waals surface area contributed by atoms with Crippen LogP contribution in [0, 0.1) is 5.82 Å². The average molecular weight is 490 g/mol. The van der Waals surface area contributed by atoms with Crippen molar-refractivity contribution in [2.75, 3.05) is 11.1 Å². The van der Waals surface area contributed by atoms with Crippen molar-refractivity contribution in [1.82, 2.24) is 9.55 Å². The monoisotopic (exact) mass is 489 g/mol. The molecule has 0 fully saturated rings. The van der Waals surface area contributed by atoms with Crippen LogP contribution in [-0.2, 0) is 4.79 Å². The number of fused-ring (bicyclic) bond motifs is 1. The third-order valence-corrected chi connectivity index (χ3v) is 6.75. The van der Waals surface area contributed by atoms with Gasteiger partial charge < -0.3 is 5.32 Å². The maximum atomic E-state index is 14.7. The zero-order chi connectivity index (χ0) is 25.1. The summed E-state index contributed by atoms with van der Waals surface area (Å²) in [6.45, 7) is 8.37. The Morgan fingerprint density at radius 3 is 2.23 bits per heavy atom. The number of aromatic nitrogens is 2. The van der Waals surface area contributed by atoms with Gasteiger partial charge in [-0.3, -0.25) is 14.2 Å². The number of halogens is 1. The molecule has 0 spiro atoms. The van der Waals surface area contributed by atoms with E-state index in [0.717, 1.165) is 28.6 Å². The van der Waals surface area contributed by atoms with Crippen molar-refractivity contribution in [3.05, 3.63) is 94.0 Å². The minimum absolute atomic E-state index is 0.0171. The second-order valence-electron chi connectivity index (χ2n) is 8.96. The van der Waals surface area contributed by atoms with Gasteiger partial charge in [0.05, 0.1) is 22.3 Å². The lowest BCUT2D eigenvalue weighted by Crippen LogP contribution is -2.24. The average Bonchev–Trinajstić information content (AvgIpc) is 2.83. The van der Waals surface area contributed by atoms with Gasteiger partial charge in [-0.25, -0.2) is 9.37 Å². The zero-order valence-corrected chi connectivity index (χ0v) is 21.0. The molecule has 1 amide bonds. The summed E-state index contributed by atoms with van der Waals surface area (Å²) in [6, 6.07) is 19.1. The van der Waals surface area contributed by atoms with Crippen molar-refractivity contribution in [2.24, 2.45) is 0 Å². The molecule has 1 aromatic heterocycles. The van der Waals surface area contributed by atoms with Crippen molar-refractivity contribution < 1.29 is 9.18 Å². The highest BCUT2D eigenvalue weighted by atomic mass is 32.2. The molecule has 0 radical (unpaired) electrons.